The summed E-state index contributed by atoms with van der Waals surface area (Å²) in [5.41, 5.74) is 6.81. The fourth-order valence-corrected chi connectivity index (χ4v) is 2.55. The lowest BCUT2D eigenvalue weighted by Gasteiger charge is -2.31. The Labute approximate surface area is 112 Å². The minimum atomic E-state index is 0.543. The number of aryl methyl sites for hydroxylation is 1. The molecule has 0 amide bonds. The minimum absolute atomic E-state index is 0.543. The lowest BCUT2D eigenvalue weighted by molar-refractivity contribution is 0.420. The van der Waals surface area contributed by atoms with Crippen LogP contribution in [0.15, 0.2) is 16.7 Å². The van der Waals surface area contributed by atoms with Crippen LogP contribution in [0.5, 0.6) is 0 Å². The molecule has 6 heteroatoms. The molecule has 6 nitrogen and oxygen atoms in total. The van der Waals surface area contributed by atoms with Crippen molar-refractivity contribution in [3.8, 4) is 11.6 Å². The van der Waals surface area contributed by atoms with E-state index in [4.69, 9.17) is 10.2 Å². The summed E-state index contributed by atoms with van der Waals surface area (Å²) in [5, 5.41) is 7.25. The molecule has 0 spiro atoms. The highest BCUT2D eigenvalue weighted by Crippen LogP contribution is 2.24. The van der Waals surface area contributed by atoms with Gasteiger partial charge in [-0.2, -0.15) is 4.98 Å². The molecule has 102 valence electrons. The summed E-state index contributed by atoms with van der Waals surface area (Å²) in [5.74, 6) is 2.73. The predicted octanol–water partition coefficient (Wildman–Crippen LogP) is 1.55. The summed E-state index contributed by atoms with van der Waals surface area (Å²) in [6.07, 6.45) is 4.01. The average molecular weight is 261 g/mol. The molecule has 1 fully saturated rings. The van der Waals surface area contributed by atoms with Gasteiger partial charge in [-0.15, -0.1) is 5.10 Å². The van der Waals surface area contributed by atoms with Crippen LogP contribution in [0.2, 0.25) is 0 Å². The van der Waals surface area contributed by atoms with Crippen molar-refractivity contribution in [3.63, 3.8) is 0 Å². The zero-order valence-electron chi connectivity index (χ0n) is 11.1. The quantitative estimate of drug-likeness (QED) is 0.875. The molecule has 1 aliphatic rings. The Bertz CT molecular complexity index is 547. The number of rotatable bonds is 3. The van der Waals surface area contributed by atoms with Gasteiger partial charge in [0, 0.05) is 13.1 Å². The van der Waals surface area contributed by atoms with E-state index in [1.807, 2.05) is 13.0 Å². The lowest BCUT2D eigenvalue weighted by Crippen LogP contribution is -2.38. The molecular weight excluding hydrogens is 242 g/mol. The first kappa shape index (κ1) is 12.2. The van der Waals surface area contributed by atoms with E-state index in [2.05, 4.69) is 20.1 Å². The largest absolute Gasteiger partial charge is 0.461 e. The molecule has 3 rings (SSSR count). The Morgan fingerprint density at radius 1 is 1.58 bits per heavy atom. The van der Waals surface area contributed by atoms with Gasteiger partial charge in [-0.1, -0.05) is 0 Å². The van der Waals surface area contributed by atoms with Crippen molar-refractivity contribution in [2.45, 2.75) is 19.8 Å². The first-order valence-electron chi connectivity index (χ1n) is 6.70. The van der Waals surface area contributed by atoms with E-state index in [0.717, 1.165) is 43.3 Å². The average Bonchev–Trinajstić information content (AvgIpc) is 3.07. The summed E-state index contributed by atoms with van der Waals surface area (Å²) < 4.78 is 5.42. The van der Waals surface area contributed by atoms with E-state index in [1.54, 1.807) is 6.26 Å². The van der Waals surface area contributed by atoms with Gasteiger partial charge in [-0.05, 0) is 43.9 Å². The number of hydrogen-bond acceptors (Lipinski definition) is 5. The summed E-state index contributed by atoms with van der Waals surface area (Å²) in [4.78, 5) is 6.72. The van der Waals surface area contributed by atoms with Crippen LogP contribution < -0.4 is 10.6 Å². The Morgan fingerprint density at radius 3 is 3.21 bits per heavy atom. The Hall–Kier alpha value is -1.82. The van der Waals surface area contributed by atoms with Gasteiger partial charge in [-0.3, -0.25) is 5.10 Å². The molecular formula is C13H19N5O. The van der Waals surface area contributed by atoms with Crippen LogP contribution in [0.3, 0.4) is 0 Å². The summed E-state index contributed by atoms with van der Waals surface area (Å²) in [7, 11) is 0. The van der Waals surface area contributed by atoms with Crippen LogP contribution in [0.1, 0.15) is 18.4 Å². The number of H-pyrrole nitrogens is 1. The molecule has 1 unspecified atom stereocenters. The van der Waals surface area contributed by atoms with Crippen molar-refractivity contribution < 1.29 is 4.42 Å². The van der Waals surface area contributed by atoms with Gasteiger partial charge in [0.25, 0.3) is 0 Å². The minimum Gasteiger partial charge on any atom is -0.461 e. The number of nitrogens with two attached hydrogens (primary N) is 1. The van der Waals surface area contributed by atoms with Crippen molar-refractivity contribution in [1.29, 1.82) is 0 Å². The summed E-state index contributed by atoms with van der Waals surface area (Å²) in [6.45, 7) is 4.65. The second kappa shape index (κ2) is 5.05. The van der Waals surface area contributed by atoms with Crippen LogP contribution in [-0.4, -0.2) is 34.8 Å². The zero-order chi connectivity index (χ0) is 13.2. The SMILES string of the molecule is Cc1ccoc1-c1nc(N2CCCC(CN)C2)n[nH]1. The lowest BCUT2D eigenvalue weighted by atomic mass is 9.99. The molecule has 1 aliphatic heterocycles. The van der Waals surface area contributed by atoms with Crippen LogP contribution in [0, 0.1) is 12.8 Å². The number of nitrogens with zero attached hydrogens (tertiary/aromatic N) is 3. The van der Waals surface area contributed by atoms with Crippen LogP contribution in [0.4, 0.5) is 5.95 Å². The molecule has 0 radical (unpaired) electrons. The van der Waals surface area contributed by atoms with Crippen LogP contribution in [0.25, 0.3) is 11.6 Å². The maximum absolute atomic E-state index is 5.76. The van der Waals surface area contributed by atoms with Crippen molar-refractivity contribution in [2.24, 2.45) is 11.7 Å². The van der Waals surface area contributed by atoms with Crippen LogP contribution >= 0.6 is 0 Å². The molecule has 0 saturated carbocycles. The molecule has 19 heavy (non-hydrogen) atoms. The molecule has 0 aliphatic carbocycles. The van der Waals surface area contributed by atoms with Gasteiger partial charge in [0.15, 0.2) is 11.6 Å². The first-order chi connectivity index (χ1) is 9.28. The molecule has 2 aromatic heterocycles. The third kappa shape index (κ3) is 2.35. The fourth-order valence-electron chi connectivity index (χ4n) is 2.55. The monoisotopic (exact) mass is 261 g/mol. The summed E-state index contributed by atoms with van der Waals surface area (Å²) >= 11 is 0. The molecule has 0 bridgehead atoms. The number of nitrogens with one attached hydrogen (secondary N) is 1. The van der Waals surface area contributed by atoms with Crippen molar-refractivity contribution in [3.05, 3.63) is 17.9 Å². The maximum Gasteiger partial charge on any atom is 0.245 e. The number of anilines is 1. The Morgan fingerprint density at radius 2 is 2.47 bits per heavy atom. The highest BCUT2D eigenvalue weighted by atomic mass is 16.3. The topological polar surface area (TPSA) is 84.0 Å². The third-order valence-electron chi connectivity index (χ3n) is 3.69. The third-order valence-corrected chi connectivity index (χ3v) is 3.69. The molecule has 2 aromatic rings. The number of aromatic amines is 1. The highest BCUT2D eigenvalue weighted by Gasteiger charge is 2.22. The van der Waals surface area contributed by atoms with Crippen molar-refractivity contribution in [1.82, 2.24) is 15.2 Å². The van der Waals surface area contributed by atoms with E-state index >= 15 is 0 Å². The maximum atomic E-state index is 5.76. The molecule has 1 atom stereocenters. The smallest absolute Gasteiger partial charge is 0.245 e. The van der Waals surface area contributed by atoms with E-state index in [-0.39, 0.29) is 0 Å². The predicted molar refractivity (Wildman–Crippen MR) is 72.8 cm³/mol. The summed E-state index contributed by atoms with van der Waals surface area (Å²) in [6, 6.07) is 1.92. The number of aromatic nitrogens is 3. The Kier molecular flexibility index (Phi) is 3.25. The molecule has 0 aromatic carbocycles. The van der Waals surface area contributed by atoms with E-state index in [9.17, 15) is 0 Å². The highest BCUT2D eigenvalue weighted by molar-refractivity contribution is 5.53. The fraction of sp³-hybridized carbons (Fsp3) is 0.538. The van der Waals surface area contributed by atoms with Crippen molar-refractivity contribution >= 4 is 5.95 Å². The zero-order valence-corrected chi connectivity index (χ0v) is 11.1. The van der Waals surface area contributed by atoms with Gasteiger partial charge in [-0.25, -0.2) is 0 Å². The molecule has 3 heterocycles. The van der Waals surface area contributed by atoms with Gasteiger partial charge >= 0.3 is 0 Å². The van der Waals surface area contributed by atoms with Gasteiger partial charge in [0.2, 0.25) is 5.95 Å². The molecule has 1 saturated heterocycles. The Balaban J connectivity index is 1.79. The number of furan rings is 1. The second-order valence-corrected chi connectivity index (χ2v) is 5.11. The normalized spacial score (nSPS) is 19.9. The number of piperidine rings is 1. The van der Waals surface area contributed by atoms with Crippen LogP contribution in [-0.2, 0) is 0 Å². The second-order valence-electron chi connectivity index (χ2n) is 5.11. The van der Waals surface area contributed by atoms with Gasteiger partial charge in [0.05, 0.1) is 6.26 Å². The van der Waals surface area contributed by atoms with Gasteiger partial charge < -0.3 is 15.1 Å². The molecule has 3 N–H and O–H groups in total. The first-order valence-corrected chi connectivity index (χ1v) is 6.70. The van der Waals surface area contributed by atoms with Gasteiger partial charge in [0.1, 0.15) is 0 Å². The van der Waals surface area contributed by atoms with E-state index < -0.39 is 0 Å². The standard InChI is InChI=1S/C13H19N5O/c1-9-4-6-19-11(9)12-15-13(17-16-12)18-5-2-3-10(7-14)8-18/h4,6,10H,2-3,5,7-8,14H2,1H3,(H,15,16,17). The van der Waals surface area contributed by atoms with Crippen molar-refractivity contribution in [2.75, 3.05) is 24.5 Å². The van der Waals surface area contributed by atoms with E-state index in [0.29, 0.717) is 11.7 Å². The number of hydrogen-bond donors (Lipinski definition) is 2. The van der Waals surface area contributed by atoms with E-state index in [1.165, 1.54) is 6.42 Å².